The maximum atomic E-state index is 5.77. The zero-order chi connectivity index (χ0) is 20.3. The second-order valence-corrected chi connectivity index (χ2v) is 6.45. The van der Waals surface area contributed by atoms with Gasteiger partial charge in [-0.2, -0.15) is 0 Å². The minimum atomic E-state index is 0.431. The van der Waals surface area contributed by atoms with Crippen molar-refractivity contribution in [3.05, 3.63) is 59.7 Å². The average molecular weight is 376 g/mol. The smallest absolute Gasteiger partial charge is 0.0713 e. The first-order valence-electron chi connectivity index (χ1n) is 10.3. The van der Waals surface area contributed by atoms with Crippen LogP contribution in [0, 0.1) is 0 Å². The Morgan fingerprint density at radius 3 is 2.33 bits per heavy atom. The first-order valence-corrected chi connectivity index (χ1v) is 10.3. The van der Waals surface area contributed by atoms with Gasteiger partial charge in [0.2, 0.25) is 0 Å². The van der Waals surface area contributed by atoms with Gasteiger partial charge >= 0.3 is 0 Å². The molecule has 0 radical (unpaired) electrons. The highest BCUT2D eigenvalue weighted by Crippen LogP contribution is 2.21. The Bertz CT molecular complexity index is 492. The molecule has 1 aliphatic carbocycles. The van der Waals surface area contributed by atoms with E-state index in [1.807, 2.05) is 51.1 Å². The summed E-state index contributed by atoms with van der Waals surface area (Å²) in [6, 6.07) is 10.5. The molecule has 0 amide bonds. The lowest BCUT2D eigenvalue weighted by molar-refractivity contribution is -0.00601. The SMILES string of the molecule is C/C=C\C(=C/C)CNC(C)COC1CCC1.CC.COCc1ccccc1. The third kappa shape index (κ3) is 13.4. The van der Waals surface area contributed by atoms with Gasteiger partial charge in [0.15, 0.2) is 0 Å². The fourth-order valence-corrected chi connectivity index (χ4v) is 2.38. The summed E-state index contributed by atoms with van der Waals surface area (Å²) in [5.41, 5.74) is 2.55. The predicted molar refractivity (Wildman–Crippen MR) is 118 cm³/mol. The van der Waals surface area contributed by atoms with Crippen LogP contribution < -0.4 is 5.32 Å². The van der Waals surface area contributed by atoms with Crippen LogP contribution in [0.3, 0.4) is 0 Å². The van der Waals surface area contributed by atoms with Crippen molar-refractivity contribution in [2.24, 2.45) is 0 Å². The fraction of sp³-hybridized carbons (Fsp3) is 0.583. The molecule has 1 unspecified atom stereocenters. The van der Waals surface area contributed by atoms with E-state index in [1.54, 1.807) is 7.11 Å². The van der Waals surface area contributed by atoms with Crippen molar-refractivity contribution >= 4 is 0 Å². The van der Waals surface area contributed by atoms with Gasteiger partial charge < -0.3 is 14.8 Å². The van der Waals surface area contributed by atoms with E-state index >= 15 is 0 Å². The van der Waals surface area contributed by atoms with Gasteiger partial charge in [0.05, 0.1) is 19.3 Å². The number of hydrogen-bond donors (Lipinski definition) is 1. The van der Waals surface area contributed by atoms with Crippen molar-refractivity contribution in [2.75, 3.05) is 20.3 Å². The molecule has 0 saturated heterocycles. The van der Waals surface area contributed by atoms with Crippen LogP contribution in [0.4, 0.5) is 0 Å². The van der Waals surface area contributed by atoms with Gasteiger partial charge in [-0.25, -0.2) is 0 Å². The van der Waals surface area contributed by atoms with Crippen LogP contribution in [0.5, 0.6) is 0 Å². The molecule has 1 atom stereocenters. The fourth-order valence-electron chi connectivity index (χ4n) is 2.38. The van der Waals surface area contributed by atoms with E-state index in [-0.39, 0.29) is 0 Å². The summed E-state index contributed by atoms with van der Waals surface area (Å²) in [6.45, 7) is 12.8. The molecule has 0 spiro atoms. The zero-order valence-corrected chi connectivity index (χ0v) is 18.3. The zero-order valence-electron chi connectivity index (χ0n) is 18.3. The Kier molecular flexibility index (Phi) is 17.0. The molecule has 1 N–H and O–H groups in total. The average Bonchev–Trinajstić information content (AvgIpc) is 2.67. The molecular weight excluding hydrogens is 334 g/mol. The molecule has 0 bridgehead atoms. The molecule has 3 nitrogen and oxygen atoms in total. The second-order valence-electron chi connectivity index (χ2n) is 6.45. The van der Waals surface area contributed by atoms with Gasteiger partial charge in [-0.05, 0) is 51.2 Å². The summed E-state index contributed by atoms with van der Waals surface area (Å²) in [5.74, 6) is 0. The number of methoxy groups -OCH3 is 1. The minimum absolute atomic E-state index is 0.431. The molecule has 0 heterocycles. The molecule has 0 aromatic heterocycles. The summed E-state index contributed by atoms with van der Waals surface area (Å²) in [4.78, 5) is 0. The van der Waals surface area contributed by atoms with E-state index in [0.717, 1.165) is 13.2 Å². The van der Waals surface area contributed by atoms with E-state index in [9.17, 15) is 0 Å². The Labute approximate surface area is 167 Å². The van der Waals surface area contributed by atoms with E-state index < -0.39 is 0 Å². The van der Waals surface area contributed by atoms with Crippen LogP contribution in [0.15, 0.2) is 54.1 Å². The van der Waals surface area contributed by atoms with Crippen molar-refractivity contribution < 1.29 is 9.47 Å². The van der Waals surface area contributed by atoms with Gasteiger partial charge in [-0.3, -0.25) is 0 Å². The van der Waals surface area contributed by atoms with Crippen molar-refractivity contribution in [2.45, 2.75) is 72.6 Å². The molecular formula is C24H41NO2. The maximum absolute atomic E-state index is 5.77. The monoisotopic (exact) mass is 375 g/mol. The summed E-state index contributed by atoms with van der Waals surface area (Å²) in [7, 11) is 1.70. The molecule has 0 aliphatic heterocycles. The lowest BCUT2D eigenvalue weighted by atomic mass is 9.96. The number of nitrogens with one attached hydrogen (secondary N) is 1. The third-order valence-corrected chi connectivity index (χ3v) is 4.19. The Hall–Kier alpha value is -1.42. The van der Waals surface area contributed by atoms with Gasteiger partial charge in [0.25, 0.3) is 0 Å². The molecule has 3 heteroatoms. The molecule has 27 heavy (non-hydrogen) atoms. The van der Waals surface area contributed by atoms with E-state index in [2.05, 4.69) is 37.4 Å². The van der Waals surface area contributed by atoms with Gasteiger partial charge in [-0.1, -0.05) is 62.4 Å². The number of ether oxygens (including phenoxy) is 2. The molecule has 1 aliphatic rings. The summed E-state index contributed by atoms with van der Waals surface area (Å²) in [6.07, 6.45) is 10.8. The van der Waals surface area contributed by atoms with Crippen LogP contribution in [-0.2, 0) is 16.1 Å². The normalized spacial score (nSPS) is 15.3. The van der Waals surface area contributed by atoms with Crippen LogP contribution in [0.1, 0.15) is 59.4 Å². The van der Waals surface area contributed by atoms with E-state index in [4.69, 9.17) is 9.47 Å². The Morgan fingerprint density at radius 1 is 1.19 bits per heavy atom. The predicted octanol–water partition coefficient (Wildman–Crippen LogP) is 5.92. The number of rotatable bonds is 9. The largest absolute Gasteiger partial charge is 0.380 e. The maximum Gasteiger partial charge on any atom is 0.0713 e. The summed E-state index contributed by atoms with van der Waals surface area (Å²) in [5, 5.41) is 3.48. The van der Waals surface area contributed by atoms with Gasteiger partial charge in [0, 0.05) is 19.7 Å². The van der Waals surface area contributed by atoms with Gasteiger partial charge in [-0.15, -0.1) is 0 Å². The molecule has 2 rings (SSSR count). The highest BCUT2D eigenvalue weighted by molar-refractivity contribution is 5.18. The molecule has 1 saturated carbocycles. The highest BCUT2D eigenvalue weighted by atomic mass is 16.5. The summed E-state index contributed by atoms with van der Waals surface area (Å²) >= 11 is 0. The number of allylic oxidation sites excluding steroid dienone is 2. The molecule has 1 aromatic carbocycles. The highest BCUT2D eigenvalue weighted by Gasteiger charge is 2.18. The van der Waals surface area contributed by atoms with Crippen LogP contribution in [-0.4, -0.2) is 32.4 Å². The minimum Gasteiger partial charge on any atom is -0.380 e. The van der Waals surface area contributed by atoms with Crippen molar-refractivity contribution in [3.8, 4) is 0 Å². The quantitative estimate of drug-likeness (QED) is 0.544. The number of hydrogen-bond acceptors (Lipinski definition) is 3. The van der Waals surface area contributed by atoms with Crippen LogP contribution in [0.2, 0.25) is 0 Å². The third-order valence-electron chi connectivity index (χ3n) is 4.19. The van der Waals surface area contributed by atoms with Crippen LogP contribution in [0.25, 0.3) is 0 Å². The lowest BCUT2D eigenvalue weighted by Crippen LogP contribution is -2.35. The van der Waals surface area contributed by atoms with E-state index in [0.29, 0.717) is 18.8 Å². The Balaban J connectivity index is 0.000000519. The van der Waals surface area contributed by atoms with Crippen LogP contribution >= 0.6 is 0 Å². The molecule has 1 aromatic rings. The Morgan fingerprint density at radius 2 is 1.85 bits per heavy atom. The standard InChI is InChI=1S/C14H25NO.C8H10O.C2H6/c1-4-7-13(5-2)10-15-12(3)11-16-14-8-6-9-14;1-9-7-8-5-3-2-4-6-8;1-2/h4-5,7,12,14-15H,6,8-11H2,1-3H3;2-6H,7H2,1H3;1-2H3/b7-4-,13-5+;;. The molecule has 1 fully saturated rings. The second kappa shape index (κ2) is 18.0. The lowest BCUT2D eigenvalue weighted by Gasteiger charge is -2.27. The van der Waals surface area contributed by atoms with Crippen molar-refractivity contribution in [1.29, 1.82) is 0 Å². The summed E-state index contributed by atoms with van der Waals surface area (Å²) < 4.78 is 10.7. The van der Waals surface area contributed by atoms with Gasteiger partial charge in [0.1, 0.15) is 0 Å². The first-order chi connectivity index (χ1) is 13.2. The van der Waals surface area contributed by atoms with E-state index in [1.165, 1.54) is 30.4 Å². The van der Waals surface area contributed by atoms with Crippen molar-refractivity contribution in [3.63, 3.8) is 0 Å². The molecule has 154 valence electrons. The first kappa shape index (κ1) is 25.6. The number of benzene rings is 1. The topological polar surface area (TPSA) is 30.5 Å². The van der Waals surface area contributed by atoms with Crippen molar-refractivity contribution in [1.82, 2.24) is 5.32 Å².